The summed E-state index contributed by atoms with van der Waals surface area (Å²) in [5.74, 6) is 0.327. The normalized spacial score (nSPS) is 20.0. The molecule has 2 aliphatic rings. The van der Waals surface area contributed by atoms with Crippen LogP contribution in [0.3, 0.4) is 0 Å². The van der Waals surface area contributed by atoms with Crippen LogP contribution in [0.2, 0.25) is 0 Å². The standard InChI is InChI=1S/C25H34N2O3S/c1-17(2)19-14-18(15-20(22(19)28)24(3,4)5)21-16-31-23(26-21)25(6-10-29-11-7-25)27-8-12-30-13-9-27/h14-16,28H,1,6-13H2,2-5H3. The first-order chi connectivity index (χ1) is 14.7. The monoisotopic (exact) mass is 442 g/mol. The lowest BCUT2D eigenvalue weighted by molar-refractivity contribution is -0.0746. The molecular formula is C25H34N2O3S. The number of phenols is 1. The van der Waals surface area contributed by atoms with Crippen molar-refractivity contribution in [3.8, 4) is 17.0 Å². The van der Waals surface area contributed by atoms with Crippen molar-refractivity contribution in [3.05, 3.63) is 40.2 Å². The summed E-state index contributed by atoms with van der Waals surface area (Å²) in [5.41, 5.74) is 4.32. The molecule has 1 aromatic heterocycles. The number of hydrogen-bond donors (Lipinski definition) is 1. The molecule has 5 nitrogen and oxygen atoms in total. The molecule has 0 atom stereocenters. The zero-order valence-electron chi connectivity index (χ0n) is 19.2. The number of morpholine rings is 1. The maximum Gasteiger partial charge on any atom is 0.126 e. The molecule has 168 valence electrons. The van der Waals surface area contributed by atoms with Gasteiger partial charge in [-0.15, -0.1) is 11.3 Å². The van der Waals surface area contributed by atoms with E-state index in [1.165, 1.54) is 0 Å². The summed E-state index contributed by atoms with van der Waals surface area (Å²) in [6.07, 6.45) is 1.92. The van der Waals surface area contributed by atoms with Gasteiger partial charge in [-0.2, -0.15) is 0 Å². The molecular weight excluding hydrogens is 408 g/mol. The summed E-state index contributed by atoms with van der Waals surface area (Å²) in [6.45, 7) is 17.3. The quantitative estimate of drug-likeness (QED) is 0.707. The van der Waals surface area contributed by atoms with Gasteiger partial charge in [-0.25, -0.2) is 4.98 Å². The fourth-order valence-electron chi connectivity index (χ4n) is 4.67. The zero-order valence-corrected chi connectivity index (χ0v) is 20.0. The minimum atomic E-state index is -0.182. The van der Waals surface area contributed by atoms with Gasteiger partial charge in [0.1, 0.15) is 10.8 Å². The highest BCUT2D eigenvalue weighted by Crippen LogP contribution is 2.43. The van der Waals surface area contributed by atoms with Crippen molar-refractivity contribution in [1.29, 1.82) is 0 Å². The van der Waals surface area contributed by atoms with Gasteiger partial charge in [0.25, 0.3) is 0 Å². The molecule has 0 radical (unpaired) electrons. The molecule has 6 heteroatoms. The van der Waals surface area contributed by atoms with Gasteiger partial charge in [0, 0.05) is 48.4 Å². The zero-order chi connectivity index (χ0) is 22.2. The minimum Gasteiger partial charge on any atom is -0.507 e. The molecule has 2 aliphatic heterocycles. The van der Waals surface area contributed by atoms with Gasteiger partial charge < -0.3 is 14.6 Å². The molecule has 1 aromatic carbocycles. The molecule has 3 heterocycles. The van der Waals surface area contributed by atoms with Crippen molar-refractivity contribution in [2.24, 2.45) is 0 Å². The number of aromatic hydroxyl groups is 1. The number of nitrogens with zero attached hydrogens (tertiary/aromatic N) is 2. The first kappa shape index (κ1) is 22.5. The molecule has 0 saturated carbocycles. The predicted octanol–water partition coefficient (Wildman–Crippen LogP) is 5.18. The molecule has 1 N–H and O–H groups in total. The Morgan fingerprint density at radius 3 is 2.39 bits per heavy atom. The van der Waals surface area contributed by atoms with Crippen LogP contribution in [-0.4, -0.2) is 54.5 Å². The Bertz CT molecular complexity index is 948. The lowest BCUT2D eigenvalue weighted by Crippen LogP contribution is -2.53. The SMILES string of the molecule is C=C(C)c1cc(-c2csc(C3(N4CCOCC4)CCOCC3)n2)cc(C(C)(C)C)c1O. The van der Waals surface area contributed by atoms with Gasteiger partial charge >= 0.3 is 0 Å². The first-order valence-electron chi connectivity index (χ1n) is 11.1. The smallest absolute Gasteiger partial charge is 0.126 e. The predicted molar refractivity (Wildman–Crippen MR) is 127 cm³/mol. The van der Waals surface area contributed by atoms with Gasteiger partial charge in [0.15, 0.2) is 0 Å². The van der Waals surface area contributed by atoms with Crippen molar-refractivity contribution in [1.82, 2.24) is 9.88 Å². The Kier molecular flexibility index (Phi) is 6.28. The Morgan fingerprint density at radius 2 is 1.77 bits per heavy atom. The highest BCUT2D eigenvalue weighted by molar-refractivity contribution is 7.10. The molecule has 31 heavy (non-hydrogen) atoms. The molecule has 0 aliphatic carbocycles. The van der Waals surface area contributed by atoms with Crippen LogP contribution in [-0.2, 0) is 20.4 Å². The molecule has 0 spiro atoms. The van der Waals surface area contributed by atoms with Gasteiger partial charge in [0.2, 0.25) is 0 Å². The number of phenolic OH excluding ortho intramolecular Hbond substituents is 1. The van der Waals surface area contributed by atoms with E-state index in [1.54, 1.807) is 11.3 Å². The molecule has 0 unspecified atom stereocenters. The van der Waals surface area contributed by atoms with E-state index in [-0.39, 0.29) is 11.0 Å². The summed E-state index contributed by atoms with van der Waals surface area (Å²) in [5, 5.41) is 14.2. The van der Waals surface area contributed by atoms with Crippen molar-refractivity contribution in [2.45, 2.75) is 51.5 Å². The van der Waals surface area contributed by atoms with E-state index in [1.807, 2.05) is 13.0 Å². The number of benzene rings is 1. The molecule has 2 aromatic rings. The van der Waals surface area contributed by atoms with E-state index in [0.717, 1.165) is 85.3 Å². The molecule has 2 fully saturated rings. The summed E-state index contributed by atoms with van der Waals surface area (Å²) < 4.78 is 11.3. The third kappa shape index (κ3) is 4.31. The Balaban J connectivity index is 1.77. The number of ether oxygens (including phenoxy) is 2. The van der Waals surface area contributed by atoms with Crippen LogP contribution >= 0.6 is 11.3 Å². The lowest BCUT2D eigenvalue weighted by atomic mass is 9.83. The van der Waals surface area contributed by atoms with Crippen LogP contribution in [0.25, 0.3) is 16.8 Å². The topological polar surface area (TPSA) is 54.8 Å². The van der Waals surface area contributed by atoms with Gasteiger partial charge in [-0.3, -0.25) is 4.90 Å². The van der Waals surface area contributed by atoms with Crippen molar-refractivity contribution < 1.29 is 14.6 Å². The fourth-order valence-corrected chi connectivity index (χ4v) is 5.78. The van der Waals surface area contributed by atoms with Crippen LogP contribution in [0.5, 0.6) is 5.75 Å². The average Bonchev–Trinajstić information content (AvgIpc) is 3.25. The van der Waals surface area contributed by atoms with E-state index in [2.05, 4.69) is 43.7 Å². The number of hydrogen-bond acceptors (Lipinski definition) is 6. The molecule has 0 bridgehead atoms. The van der Waals surface area contributed by atoms with Crippen LogP contribution < -0.4 is 0 Å². The molecule has 4 rings (SSSR count). The van der Waals surface area contributed by atoms with Crippen LogP contribution in [0.15, 0.2) is 24.1 Å². The van der Waals surface area contributed by atoms with Crippen molar-refractivity contribution in [2.75, 3.05) is 39.5 Å². The maximum absolute atomic E-state index is 10.9. The van der Waals surface area contributed by atoms with Gasteiger partial charge in [-0.05, 0) is 42.9 Å². The number of thiazole rings is 1. The van der Waals surface area contributed by atoms with Gasteiger partial charge in [0.05, 0.1) is 24.4 Å². The highest BCUT2D eigenvalue weighted by Gasteiger charge is 2.43. The number of rotatable bonds is 4. The first-order valence-corrected chi connectivity index (χ1v) is 12.0. The highest BCUT2D eigenvalue weighted by atomic mass is 32.1. The summed E-state index contributed by atoms with van der Waals surface area (Å²) in [6, 6.07) is 4.11. The largest absolute Gasteiger partial charge is 0.507 e. The summed E-state index contributed by atoms with van der Waals surface area (Å²) in [7, 11) is 0. The second kappa shape index (κ2) is 8.66. The number of aromatic nitrogens is 1. The number of allylic oxidation sites excluding steroid dienone is 1. The third-order valence-electron chi connectivity index (χ3n) is 6.51. The summed E-state index contributed by atoms with van der Waals surface area (Å²) >= 11 is 1.74. The van der Waals surface area contributed by atoms with E-state index in [4.69, 9.17) is 14.5 Å². The van der Waals surface area contributed by atoms with Crippen molar-refractivity contribution in [3.63, 3.8) is 0 Å². The van der Waals surface area contributed by atoms with E-state index in [0.29, 0.717) is 5.75 Å². The van der Waals surface area contributed by atoms with E-state index < -0.39 is 0 Å². The Hall–Kier alpha value is -1.73. The van der Waals surface area contributed by atoms with Crippen LogP contribution in [0.4, 0.5) is 0 Å². The lowest BCUT2D eigenvalue weighted by Gasteiger charge is -2.46. The van der Waals surface area contributed by atoms with Crippen LogP contribution in [0, 0.1) is 0 Å². The average molecular weight is 443 g/mol. The maximum atomic E-state index is 10.9. The van der Waals surface area contributed by atoms with E-state index >= 15 is 0 Å². The van der Waals surface area contributed by atoms with E-state index in [9.17, 15) is 5.11 Å². The fraction of sp³-hybridized carbons (Fsp3) is 0.560. The minimum absolute atomic E-state index is 0.0775. The molecule has 2 saturated heterocycles. The molecule has 0 amide bonds. The third-order valence-corrected chi connectivity index (χ3v) is 7.55. The van der Waals surface area contributed by atoms with Gasteiger partial charge in [-0.1, -0.05) is 27.4 Å². The second-order valence-corrected chi connectivity index (χ2v) is 10.6. The Labute approximate surface area is 189 Å². The summed E-state index contributed by atoms with van der Waals surface area (Å²) in [4.78, 5) is 7.73. The van der Waals surface area contributed by atoms with Crippen molar-refractivity contribution >= 4 is 16.9 Å². The Morgan fingerprint density at radius 1 is 1.13 bits per heavy atom. The second-order valence-electron chi connectivity index (χ2n) is 9.73. The van der Waals surface area contributed by atoms with Crippen LogP contribution in [0.1, 0.15) is 56.7 Å².